The fourth-order valence-corrected chi connectivity index (χ4v) is 3.78. The molecular weight excluding hydrogens is 326 g/mol. The van der Waals surface area contributed by atoms with Crippen molar-refractivity contribution in [1.29, 1.82) is 0 Å². The van der Waals surface area contributed by atoms with Crippen molar-refractivity contribution in [2.24, 2.45) is 0 Å². The lowest BCUT2D eigenvalue weighted by atomic mass is 10.0. The van der Waals surface area contributed by atoms with Gasteiger partial charge in [0.2, 0.25) is 0 Å². The van der Waals surface area contributed by atoms with Crippen LogP contribution < -0.4 is 4.90 Å². The van der Waals surface area contributed by atoms with Gasteiger partial charge >= 0.3 is 0 Å². The number of aryl methyl sites for hydroxylation is 1. The maximum Gasteiger partial charge on any atom is 0.274 e. The topological polar surface area (TPSA) is 52.6 Å². The fourth-order valence-electron chi connectivity index (χ4n) is 3.78. The molecule has 0 N–H and O–H groups in total. The molecule has 136 valence electrons. The Kier molecular flexibility index (Phi) is 4.84. The third-order valence-electron chi connectivity index (χ3n) is 5.36. The van der Waals surface area contributed by atoms with E-state index in [-0.39, 0.29) is 5.91 Å². The van der Waals surface area contributed by atoms with Crippen LogP contribution in [0.5, 0.6) is 0 Å². The smallest absolute Gasteiger partial charge is 0.274 e. The maximum atomic E-state index is 12.7. The van der Waals surface area contributed by atoms with Crippen molar-refractivity contribution in [3.8, 4) is 0 Å². The zero-order valence-corrected chi connectivity index (χ0v) is 15.3. The molecule has 6 heteroatoms. The molecule has 2 aliphatic heterocycles. The van der Waals surface area contributed by atoms with Crippen molar-refractivity contribution in [1.82, 2.24) is 20.0 Å². The van der Waals surface area contributed by atoms with E-state index in [0.29, 0.717) is 5.69 Å². The Morgan fingerprint density at radius 3 is 2.54 bits per heavy atom. The van der Waals surface area contributed by atoms with Crippen LogP contribution in [0.25, 0.3) is 0 Å². The molecule has 0 bridgehead atoms. The van der Waals surface area contributed by atoms with Crippen molar-refractivity contribution < 1.29 is 4.79 Å². The van der Waals surface area contributed by atoms with Gasteiger partial charge in [0, 0.05) is 38.4 Å². The molecule has 2 aromatic rings. The summed E-state index contributed by atoms with van der Waals surface area (Å²) in [5.41, 5.74) is 2.97. The van der Waals surface area contributed by atoms with Gasteiger partial charge in [-0.25, -0.2) is 0 Å². The van der Waals surface area contributed by atoms with Crippen molar-refractivity contribution in [2.45, 2.75) is 19.8 Å². The van der Waals surface area contributed by atoms with Crippen molar-refractivity contribution in [2.75, 3.05) is 44.2 Å². The summed E-state index contributed by atoms with van der Waals surface area (Å²) in [6.07, 6.45) is 2.20. The number of fused-ring (bicyclic) bond motifs is 1. The largest absolute Gasteiger partial charge is 0.335 e. The molecule has 26 heavy (non-hydrogen) atoms. The first-order valence-corrected chi connectivity index (χ1v) is 9.47. The molecular formula is C20H25N5O. The molecule has 0 unspecified atom stereocenters. The second kappa shape index (κ2) is 7.41. The summed E-state index contributed by atoms with van der Waals surface area (Å²) in [6.45, 7) is 7.49. The number of carbonyl (C=O) groups is 1. The Morgan fingerprint density at radius 2 is 1.81 bits per heavy atom. The average molecular weight is 351 g/mol. The summed E-state index contributed by atoms with van der Waals surface area (Å²) in [5, 5.41) is 8.61. The highest BCUT2D eigenvalue weighted by atomic mass is 16.2. The van der Waals surface area contributed by atoms with E-state index in [1.807, 2.05) is 17.0 Å². The minimum absolute atomic E-state index is 0.0150. The van der Waals surface area contributed by atoms with Gasteiger partial charge in [-0.2, -0.15) is 0 Å². The van der Waals surface area contributed by atoms with Gasteiger partial charge in [-0.05, 0) is 43.1 Å². The lowest BCUT2D eigenvalue weighted by Gasteiger charge is -2.33. The van der Waals surface area contributed by atoms with Crippen molar-refractivity contribution >= 4 is 17.4 Å². The summed E-state index contributed by atoms with van der Waals surface area (Å²) in [6, 6.07) is 12.2. The molecule has 0 atom stereocenters. The van der Waals surface area contributed by atoms with Crippen LogP contribution in [0.15, 0.2) is 36.4 Å². The monoisotopic (exact) mass is 351 g/mol. The normalized spacial score (nSPS) is 17.9. The zero-order chi connectivity index (χ0) is 17.9. The van der Waals surface area contributed by atoms with Gasteiger partial charge in [0.1, 0.15) is 0 Å². The molecule has 0 saturated carbocycles. The van der Waals surface area contributed by atoms with Gasteiger partial charge in [-0.3, -0.25) is 4.79 Å². The van der Waals surface area contributed by atoms with Crippen LogP contribution in [0.3, 0.4) is 0 Å². The minimum Gasteiger partial charge on any atom is -0.335 e. The van der Waals surface area contributed by atoms with Crippen LogP contribution in [-0.4, -0.2) is 65.2 Å². The van der Waals surface area contributed by atoms with E-state index in [1.54, 1.807) is 0 Å². The molecule has 0 aliphatic carbocycles. The number of anilines is 2. The second-order valence-electron chi connectivity index (χ2n) is 6.89. The van der Waals surface area contributed by atoms with Gasteiger partial charge in [-0.1, -0.05) is 25.1 Å². The Hall–Kier alpha value is -2.47. The predicted molar refractivity (Wildman–Crippen MR) is 102 cm³/mol. The molecule has 1 aromatic heterocycles. The Morgan fingerprint density at radius 1 is 1.00 bits per heavy atom. The minimum atomic E-state index is -0.0150. The number of para-hydroxylation sites is 1. The van der Waals surface area contributed by atoms with E-state index in [4.69, 9.17) is 0 Å². The molecule has 3 heterocycles. The number of benzene rings is 1. The average Bonchev–Trinajstić information content (AvgIpc) is 2.73. The Bertz CT molecular complexity index is 768. The first-order chi connectivity index (χ1) is 12.8. The summed E-state index contributed by atoms with van der Waals surface area (Å²) < 4.78 is 0. The van der Waals surface area contributed by atoms with Crippen LogP contribution in [0.4, 0.5) is 11.5 Å². The summed E-state index contributed by atoms with van der Waals surface area (Å²) >= 11 is 0. The van der Waals surface area contributed by atoms with Crippen LogP contribution in [-0.2, 0) is 6.42 Å². The number of rotatable bonds is 3. The third-order valence-corrected chi connectivity index (χ3v) is 5.36. The number of likely N-dealkylation sites (N-methyl/N-ethyl adjacent to an activating group) is 1. The fraction of sp³-hybridized carbons (Fsp3) is 0.450. The molecule has 1 aromatic carbocycles. The molecule has 1 fully saturated rings. The number of hydrogen-bond donors (Lipinski definition) is 0. The third kappa shape index (κ3) is 3.29. The zero-order valence-electron chi connectivity index (χ0n) is 15.3. The quantitative estimate of drug-likeness (QED) is 0.850. The van der Waals surface area contributed by atoms with Gasteiger partial charge in [-0.15, -0.1) is 10.2 Å². The number of amides is 1. The van der Waals surface area contributed by atoms with E-state index < -0.39 is 0 Å². The van der Waals surface area contributed by atoms with Crippen molar-refractivity contribution in [3.63, 3.8) is 0 Å². The highest BCUT2D eigenvalue weighted by molar-refractivity contribution is 5.92. The van der Waals surface area contributed by atoms with Gasteiger partial charge < -0.3 is 14.7 Å². The number of piperazine rings is 1. The number of hydrogen-bond acceptors (Lipinski definition) is 5. The molecule has 0 spiro atoms. The maximum absolute atomic E-state index is 12.7. The van der Waals surface area contributed by atoms with Crippen LogP contribution >= 0.6 is 0 Å². The first-order valence-electron chi connectivity index (χ1n) is 9.47. The Labute approximate surface area is 154 Å². The highest BCUT2D eigenvalue weighted by Crippen LogP contribution is 2.31. The van der Waals surface area contributed by atoms with E-state index in [2.05, 4.69) is 51.2 Å². The van der Waals surface area contributed by atoms with Gasteiger partial charge in [0.05, 0.1) is 0 Å². The summed E-state index contributed by atoms with van der Waals surface area (Å²) in [7, 11) is 0. The molecule has 6 nitrogen and oxygen atoms in total. The molecule has 1 saturated heterocycles. The molecule has 1 amide bonds. The number of carbonyl (C=O) groups excluding carboxylic acids is 1. The van der Waals surface area contributed by atoms with E-state index >= 15 is 0 Å². The SMILES string of the molecule is CCN1CCN(C(=O)c2ccc(N3CCCc4ccccc43)nn2)CC1. The van der Waals surface area contributed by atoms with E-state index in [0.717, 1.165) is 57.9 Å². The number of nitrogens with zero attached hydrogens (tertiary/aromatic N) is 5. The molecule has 0 radical (unpaired) electrons. The predicted octanol–water partition coefficient (Wildman–Crippen LogP) is 2.34. The summed E-state index contributed by atoms with van der Waals surface area (Å²) in [5.74, 6) is 0.795. The lowest BCUT2D eigenvalue weighted by molar-refractivity contribution is 0.0636. The number of aromatic nitrogens is 2. The van der Waals surface area contributed by atoms with Crippen molar-refractivity contribution in [3.05, 3.63) is 47.7 Å². The summed E-state index contributed by atoms with van der Waals surface area (Å²) in [4.78, 5) is 19.1. The first kappa shape index (κ1) is 17.0. The van der Waals surface area contributed by atoms with Gasteiger partial charge in [0.15, 0.2) is 11.5 Å². The molecule has 2 aliphatic rings. The van der Waals surface area contributed by atoms with E-state index in [1.165, 1.54) is 11.3 Å². The Balaban J connectivity index is 1.49. The second-order valence-corrected chi connectivity index (χ2v) is 6.89. The van der Waals surface area contributed by atoms with Crippen LogP contribution in [0.2, 0.25) is 0 Å². The molecule has 4 rings (SSSR count). The standard InChI is InChI=1S/C20H25N5O/c1-2-23-12-14-24(15-13-23)20(26)17-9-10-19(22-21-17)25-11-5-7-16-6-3-4-8-18(16)25/h3-4,6,8-10H,2,5,7,11-15H2,1H3. The van der Waals surface area contributed by atoms with Crippen LogP contribution in [0.1, 0.15) is 29.4 Å². The van der Waals surface area contributed by atoms with Crippen LogP contribution in [0, 0.1) is 0 Å². The highest BCUT2D eigenvalue weighted by Gasteiger charge is 2.24. The lowest BCUT2D eigenvalue weighted by Crippen LogP contribution is -2.48. The van der Waals surface area contributed by atoms with E-state index in [9.17, 15) is 4.79 Å². The van der Waals surface area contributed by atoms with Gasteiger partial charge in [0.25, 0.3) is 5.91 Å².